The van der Waals surface area contributed by atoms with E-state index in [2.05, 4.69) is 4.74 Å². The Bertz CT molecular complexity index is 43.5. The molecule has 0 heterocycles. The Morgan fingerprint density at radius 2 is 2.43 bits per heavy atom. The van der Waals surface area contributed by atoms with Gasteiger partial charge in [0, 0.05) is 0 Å². The van der Waals surface area contributed by atoms with E-state index in [-0.39, 0.29) is 44.2 Å². The molecule has 0 aliphatic rings. The molecule has 0 spiro atoms. The Balaban J connectivity index is -0.000000125. The van der Waals surface area contributed by atoms with Gasteiger partial charge in [0.1, 0.15) is 6.61 Å². The first-order valence-corrected chi connectivity index (χ1v) is 1.58. The number of aliphatic hydroxyl groups excluding tert-OH is 1. The van der Waals surface area contributed by atoms with E-state index in [0.717, 1.165) is 0 Å². The van der Waals surface area contributed by atoms with Crippen LogP contribution in [0.15, 0.2) is 0 Å². The Morgan fingerprint density at radius 3 is 2.57 bits per heavy atom. The second-order valence-electron chi connectivity index (χ2n) is 0.691. The standard InChI is InChI=1S/C3H6O3.Na.H/c4-1-2-6-3-5;;/h3-4H,1-2H2;;/q;+1;-1. The molecule has 0 atom stereocenters. The fraction of sp³-hybridized carbons (Fsp3) is 0.667. The number of carbonyl (C=O) groups is 1. The molecule has 7 heavy (non-hydrogen) atoms. The summed E-state index contributed by atoms with van der Waals surface area (Å²) in [5.74, 6) is 0. The van der Waals surface area contributed by atoms with Gasteiger partial charge in [-0.15, -0.1) is 0 Å². The van der Waals surface area contributed by atoms with Crippen LogP contribution >= 0.6 is 0 Å². The molecule has 3 nitrogen and oxygen atoms in total. The average molecular weight is 114 g/mol. The fourth-order valence-electron chi connectivity index (χ4n) is 0.101. The number of carbonyl (C=O) groups excluding carboxylic acids is 1. The molecule has 0 saturated carbocycles. The Hall–Kier alpha value is 0.430. The molecular weight excluding hydrogens is 107 g/mol. The van der Waals surface area contributed by atoms with Gasteiger partial charge in [-0.2, -0.15) is 0 Å². The molecular formula is C3H7NaO3. The van der Waals surface area contributed by atoms with E-state index in [9.17, 15) is 4.79 Å². The first kappa shape index (κ1) is 10.4. The first-order chi connectivity index (χ1) is 2.91. The van der Waals surface area contributed by atoms with E-state index >= 15 is 0 Å². The second kappa shape index (κ2) is 9.66. The molecule has 0 aromatic heterocycles. The van der Waals surface area contributed by atoms with Crippen molar-refractivity contribution in [3.63, 3.8) is 0 Å². The van der Waals surface area contributed by atoms with Crippen molar-refractivity contribution in [3.8, 4) is 0 Å². The molecule has 0 aromatic carbocycles. The number of aliphatic hydroxyl groups is 1. The third-order valence-electron chi connectivity index (χ3n) is 0.277. The van der Waals surface area contributed by atoms with Gasteiger partial charge in [0.25, 0.3) is 6.47 Å². The van der Waals surface area contributed by atoms with Crippen LogP contribution in [0, 0.1) is 0 Å². The van der Waals surface area contributed by atoms with Crippen molar-refractivity contribution in [2.24, 2.45) is 0 Å². The van der Waals surface area contributed by atoms with Gasteiger partial charge in [0.15, 0.2) is 0 Å². The predicted octanol–water partition coefficient (Wildman–Crippen LogP) is -3.73. The molecule has 0 aromatic rings. The summed E-state index contributed by atoms with van der Waals surface area (Å²) in [6.45, 7) is 0.304. The van der Waals surface area contributed by atoms with E-state index in [1.165, 1.54) is 0 Å². The molecule has 4 heteroatoms. The minimum atomic E-state index is -0.0985. The third-order valence-corrected chi connectivity index (χ3v) is 0.277. The van der Waals surface area contributed by atoms with Crippen molar-refractivity contribution in [2.75, 3.05) is 13.2 Å². The third kappa shape index (κ3) is 10.7. The van der Waals surface area contributed by atoms with Crippen LogP contribution in [0.25, 0.3) is 0 Å². The molecule has 0 fully saturated rings. The fourth-order valence-corrected chi connectivity index (χ4v) is 0.101. The zero-order valence-electron chi connectivity index (χ0n) is 5.26. The van der Waals surface area contributed by atoms with E-state index in [1.54, 1.807) is 0 Å². The molecule has 0 unspecified atom stereocenters. The van der Waals surface area contributed by atoms with Crippen LogP contribution in [0.1, 0.15) is 1.43 Å². The van der Waals surface area contributed by atoms with Crippen LogP contribution in [0.5, 0.6) is 0 Å². The van der Waals surface area contributed by atoms with E-state index in [4.69, 9.17) is 5.11 Å². The molecule has 0 aliphatic heterocycles. The maximum Gasteiger partial charge on any atom is 1.00 e. The Labute approximate surface area is 65.4 Å². The normalized spacial score (nSPS) is 6.43. The summed E-state index contributed by atoms with van der Waals surface area (Å²) in [5.41, 5.74) is 0. The van der Waals surface area contributed by atoms with Crippen LogP contribution in [-0.2, 0) is 9.53 Å². The Kier molecular flexibility index (Phi) is 14.4. The molecule has 0 radical (unpaired) electrons. The predicted molar refractivity (Wildman–Crippen MR) is 20.2 cm³/mol. The molecule has 0 bridgehead atoms. The summed E-state index contributed by atoms with van der Waals surface area (Å²) >= 11 is 0. The van der Waals surface area contributed by atoms with Gasteiger partial charge in [-0.1, -0.05) is 0 Å². The van der Waals surface area contributed by atoms with Crippen LogP contribution < -0.4 is 29.6 Å². The Morgan fingerprint density at radius 1 is 1.86 bits per heavy atom. The van der Waals surface area contributed by atoms with E-state index in [1.807, 2.05) is 0 Å². The summed E-state index contributed by atoms with van der Waals surface area (Å²) in [7, 11) is 0. The molecule has 0 rings (SSSR count). The minimum absolute atomic E-state index is 0. The summed E-state index contributed by atoms with van der Waals surface area (Å²) in [4.78, 5) is 9.23. The van der Waals surface area contributed by atoms with Crippen LogP contribution in [0.2, 0.25) is 0 Å². The van der Waals surface area contributed by atoms with Gasteiger partial charge < -0.3 is 11.3 Å². The van der Waals surface area contributed by atoms with Gasteiger partial charge in [-0.3, -0.25) is 4.79 Å². The topological polar surface area (TPSA) is 46.5 Å². The van der Waals surface area contributed by atoms with Gasteiger partial charge in [-0.25, -0.2) is 0 Å². The van der Waals surface area contributed by atoms with Gasteiger partial charge in [-0.05, 0) is 0 Å². The summed E-state index contributed by atoms with van der Waals surface area (Å²) < 4.78 is 4.05. The summed E-state index contributed by atoms with van der Waals surface area (Å²) in [6.07, 6.45) is 0. The summed E-state index contributed by atoms with van der Waals surface area (Å²) in [5, 5.41) is 7.91. The maximum atomic E-state index is 9.23. The van der Waals surface area contributed by atoms with Crippen LogP contribution in [0.4, 0.5) is 0 Å². The van der Waals surface area contributed by atoms with Gasteiger partial charge in [0.05, 0.1) is 6.61 Å². The molecule has 1 N–H and O–H groups in total. The van der Waals surface area contributed by atoms with Gasteiger partial charge >= 0.3 is 29.6 Å². The van der Waals surface area contributed by atoms with E-state index < -0.39 is 0 Å². The second-order valence-corrected chi connectivity index (χ2v) is 0.691. The molecule has 0 aliphatic carbocycles. The largest absolute Gasteiger partial charge is 1.00 e. The molecule has 0 saturated heterocycles. The zero-order valence-corrected chi connectivity index (χ0v) is 6.26. The minimum Gasteiger partial charge on any atom is -1.00 e. The van der Waals surface area contributed by atoms with Crippen molar-refractivity contribution in [2.45, 2.75) is 0 Å². The number of hydrogen-bond acceptors (Lipinski definition) is 3. The van der Waals surface area contributed by atoms with Crippen molar-refractivity contribution in [3.05, 3.63) is 0 Å². The number of hydrogen-bond donors (Lipinski definition) is 1. The van der Waals surface area contributed by atoms with Crippen molar-refractivity contribution in [1.82, 2.24) is 0 Å². The quantitative estimate of drug-likeness (QED) is 0.233. The van der Waals surface area contributed by atoms with Crippen LogP contribution in [0.3, 0.4) is 0 Å². The monoisotopic (exact) mass is 114 g/mol. The van der Waals surface area contributed by atoms with Crippen molar-refractivity contribution < 1.29 is 45.6 Å². The summed E-state index contributed by atoms with van der Waals surface area (Å²) in [6, 6.07) is 0. The average Bonchev–Trinajstić information content (AvgIpc) is 1.61. The first-order valence-electron chi connectivity index (χ1n) is 1.58. The van der Waals surface area contributed by atoms with Crippen molar-refractivity contribution >= 4 is 6.47 Å². The van der Waals surface area contributed by atoms with Crippen molar-refractivity contribution in [1.29, 1.82) is 0 Å². The number of rotatable bonds is 3. The maximum absolute atomic E-state index is 9.23. The van der Waals surface area contributed by atoms with Gasteiger partial charge in [0.2, 0.25) is 0 Å². The smallest absolute Gasteiger partial charge is 1.00 e. The zero-order chi connectivity index (χ0) is 4.83. The number of ether oxygens (including phenoxy) is 1. The molecule has 38 valence electrons. The SMILES string of the molecule is O=COCCO.[H-].[Na+]. The van der Waals surface area contributed by atoms with Crippen LogP contribution in [-0.4, -0.2) is 24.8 Å². The van der Waals surface area contributed by atoms with E-state index in [0.29, 0.717) is 6.47 Å². The molecule has 0 amide bonds.